The Labute approximate surface area is 140 Å². The van der Waals surface area contributed by atoms with E-state index in [1.165, 1.54) is 35.5 Å². The first-order valence-corrected chi connectivity index (χ1v) is 9.09. The van der Waals surface area contributed by atoms with Crippen molar-refractivity contribution in [3.05, 3.63) is 41.8 Å². The van der Waals surface area contributed by atoms with E-state index in [0.29, 0.717) is 6.79 Å². The molecule has 0 heterocycles. The molecule has 0 aliphatic carbocycles. The predicted molar refractivity (Wildman–Crippen MR) is 96.2 cm³/mol. The van der Waals surface area contributed by atoms with E-state index in [0.717, 1.165) is 19.3 Å². The monoisotopic (exact) mass is 322 g/mol. The van der Waals surface area contributed by atoms with E-state index >= 15 is 0 Å². The molecular weight excluding hydrogens is 292 g/mol. The van der Waals surface area contributed by atoms with Crippen molar-refractivity contribution in [2.45, 2.75) is 62.9 Å². The third kappa shape index (κ3) is 9.29. The molecule has 0 bridgehead atoms. The van der Waals surface area contributed by atoms with Gasteiger partial charge in [-0.15, -0.1) is 0 Å². The van der Waals surface area contributed by atoms with Crippen molar-refractivity contribution in [2.24, 2.45) is 0 Å². The first kappa shape index (κ1) is 19.3. The van der Waals surface area contributed by atoms with Gasteiger partial charge >= 0.3 is 0 Å². The van der Waals surface area contributed by atoms with Gasteiger partial charge in [0, 0.05) is 12.0 Å². The van der Waals surface area contributed by atoms with Crippen molar-refractivity contribution in [3.8, 4) is 0 Å². The predicted octanol–water partition coefficient (Wildman–Crippen LogP) is 6.03. The maximum atomic E-state index is 5.80. The van der Waals surface area contributed by atoms with E-state index in [2.05, 4.69) is 37.8 Å². The Morgan fingerprint density at radius 3 is 2.59 bits per heavy atom. The highest BCUT2D eigenvalue weighted by molar-refractivity contribution is 8.03. The number of benzene rings is 1. The molecule has 0 aromatic heterocycles. The molecule has 0 aliphatic heterocycles. The maximum absolute atomic E-state index is 5.80. The van der Waals surface area contributed by atoms with Crippen LogP contribution in [0.2, 0.25) is 0 Å². The lowest BCUT2D eigenvalue weighted by atomic mass is 10.1. The molecule has 124 valence electrons. The molecule has 0 spiro atoms. The summed E-state index contributed by atoms with van der Waals surface area (Å²) in [6.07, 6.45) is 8.53. The molecule has 0 aliphatic rings. The number of thioether (sulfide) groups is 1. The first-order valence-electron chi connectivity index (χ1n) is 8.27. The van der Waals surface area contributed by atoms with Gasteiger partial charge in [0.05, 0.1) is 6.10 Å². The minimum Gasteiger partial charge on any atom is -0.359 e. The summed E-state index contributed by atoms with van der Waals surface area (Å²) in [6.45, 7) is 6.81. The number of hydrogen-bond acceptors (Lipinski definition) is 3. The van der Waals surface area contributed by atoms with Crippen LogP contribution in [0.5, 0.6) is 0 Å². The zero-order valence-corrected chi connectivity index (χ0v) is 14.9. The third-order valence-corrected chi connectivity index (χ3v) is 4.55. The van der Waals surface area contributed by atoms with Crippen LogP contribution in [0, 0.1) is 0 Å². The smallest absolute Gasteiger partial charge is 0.146 e. The Bertz CT molecular complexity index is 392. The summed E-state index contributed by atoms with van der Waals surface area (Å²) in [4.78, 5) is 2.45. The molecule has 1 aromatic rings. The SMILES string of the molecule is C=C(CCC(CCCCCC)OCOC)Sc1ccccc1. The summed E-state index contributed by atoms with van der Waals surface area (Å²) in [6, 6.07) is 10.4. The van der Waals surface area contributed by atoms with Crippen molar-refractivity contribution in [2.75, 3.05) is 13.9 Å². The van der Waals surface area contributed by atoms with E-state index in [9.17, 15) is 0 Å². The van der Waals surface area contributed by atoms with Gasteiger partial charge in [-0.3, -0.25) is 0 Å². The summed E-state index contributed by atoms with van der Waals surface area (Å²) in [7, 11) is 1.68. The molecule has 1 rings (SSSR count). The molecule has 0 saturated heterocycles. The summed E-state index contributed by atoms with van der Waals surface area (Å²) in [5.41, 5.74) is 0. The lowest BCUT2D eigenvalue weighted by Crippen LogP contribution is -2.14. The second kappa shape index (κ2) is 12.7. The van der Waals surface area contributed by atoms with Crippen LogP contribution < -0.4 is 0 Å². The summed E-state index contributed by atoms with van der Waals surface area (Å²) < 4.78 is 10.9. The first-order chi connectivity index (χ1) is 10.8. The van der Waals surface area contributed by atoms with Gasteiger partial charge in [0.25, 0.3) is 0 Å². The molecular formula is C19H30O2S. The van der Waals surface area contributed by atoms with Gasteiger partial charge in [0.15, 0.2) is 0 Å². The molecule has 1 unspecified atom stereocenters. The highest BCUT2D eigenvalue weighted by Gasteiger charge is 2.10. The van der Waals surface area contributed by atoms with Gasteiger partial charge in [0.1, 0.15) is 6.79 Å². The van der Waals surface area contributed by atoms with Crippen LogP contribution in [0.25, 0.3) is 0 Å². The molecule has 0 radical (unpaired) electrons. The summed E-state index contributed by atoms with van der Waals surface area (Å²) in [5.74, 6) is 0. The van der Waals surface area contributed by atoms with Gasteiger partial charge in [-0.2, -0.15) is 0 Å². The molecule has 22 heavy (non-hydrogen) atoms. The summed E-state index contributed by atoms with van der Waals surface area (Å²) >= 11 is 1.76. The normalized spacial score (nSPS) is 12.3. The minimum atomic E-state index is 0.282. The second-order valence-corrected chi connectivity index (χ2v) is 6.79. The lowest BCUT2D eigenvalue weighted by molar-refractivity contribution is -0.0767. The fourth-order valence-corrected chi connectivity index (χ4v) is 3.15. The number of allylic oxidation sites excluding steroid dienone is 1. The Balaban J connectivity index is 2.29. The lowest BCUT2D eigenvalue weighted by Gasteiger charge is -2.18. The molecule has 2 nitrogen and oxygen atoms in total. The van der Waals surface area contributed by atoms with Crippen LogP contribution in [-0.4, -0.2) is 20.0 Å². The topological polar surface area (TPSA) is 18.5 Å². The number of hydrogen-bond donors (Lipinski definition) is 0. The second-order valence-electron chi connectivity index (χ2n) is 5.54. The highest BCUT2D eigenvalue weighted by Crippen LogP contribution is 2.29. The Kier molecular flexibility index (Phi) is 11.2. The van der Waals surface area contributed by atoms with Gasteiger partial charge in [-0.05, 0) is 36.3 Å². The number of methoxy groups -OCH3 is 1. The maximum Gasteiger partial charge on any atom is 0.146 e. The molecule has 1 atom stereocenters. The third-order valence-electron chi connectivity index (χ3n) is 3.55. The zero-order chi connectivity index (χ0) is 16.0. The Morgan fingerprint density at radius 2 is 1.91 bits per heavy atom. The molecule has 0 N–H and O–H groups in total. The van der Waals surface area contributed by atoms with Crippen LogP contribution in [0.1, 0.15) is 51.9 Å². The van der Waals surface area contributed by atoms with Gasteiger partial charge in [0.2, 0.25) is 0 Å². The number of ether oxygens (including phenoxy) is 2. The van der Waals surface area contributed by atoms with Crippen molar-refractivity contribution in [1.82, 2.24) is 0 Å². The van der Waals surface area contributed by atoms with Crippen LogP contribution in [-0.2, 0) is 9.47 Å². The highest BCUT2D eigenvalue weighted by atomic mass is 32.2. The average Bonchev–Trinajstić information content (AvgIpc) is 2.54. The van der Waals surface area contributed by atoms with Crippen molar-refractivity contribution in [3.63, 3.8) is 0 Å². The Morgan fingerprint density at radius 1 is 1.14 bits per heavy atom. The van der Waals surface area contributed by atoms with Gasteiger partial charge < -0.3 is 9.47 Å². The van der Waals surface area contributed by atoms with Crippen molar-refractivity contribution in [1.29, 1.82) is 0 Å². The van der Waals surface area contributed by atoms with Crippen molar-refractivity contribution >= 4 is 11.8 Å². The van der Waals surface area contributed by atoms with E-state index in [1.807, 2.05) is 6.07 Å². The number of rotatable bonds is 13. The van der Waals surface area contributed by atoms with Crippen LogP contribution in [0.4, 0.5) is 0 Å². The largest absolute Gasteiger partial charge is 0.359 e. The standard InChI is InChI=1S/C19H30O2S/c1-4-5-6-8-11-18(21-16-20-3)15-14-17(2)22-19-12-9-7-10-13-19/h7,9-10,12-13,18H,2,4-6,8,11,14-16H2,1,3H3. The van der Waals surface area contributed by atoms with Crippen LogP contribution in [0.15, 0.2) is 46.7 Å². The molecule has 1 aromatic carbocycles. The van der Waals surface area contributed by atoms with Gasteiger partial charge in [-0.25, -0.2) is 0 Å². The minimum absolute atomic E-state index is 0.282. The molecule has 0 fully saturated rings. The van der Waals surface area contributed by atoms with Crippen LogP contribution in [0.3, 0.4) is 0 Å². The van der Waals surface area contributed by atoms with Crippen LogP contribution >= 0.6 is 11.8 Å². The fraction of sp³-hybridized carbons (Fsp3) is 0.579. The zero-order valence-electron chi connectivity index (χ0n) is 14.1. The Hall–Kier alpha value is -0.770. The van der Waals surface area contributed by atoms with E-state index < -0.39 is 0 Å². The fourth-order valence-electron chi connectivity index (χ4n) is 2.30. The molecule has 0 saturated carbocycles. The van der Waals surface area contributed by atoms with E-state index in [-0.39, 0.29) is 6.10 Å². The molecule has 3 heteroatoms. The average molecular weight is 323 g/mol. The van der Waals surface area contributed by atoms with E-state index in [1.54, 1.807) is 18.9 Å². The summed E-state index contributed by atoms with van der Waals surface area (Å²) in [5, 5.41) is 0. The van der Waals surface area contributed by atoms with E-state index in [4.69, 9.17) is 9.47 Å². The number of unbranched alkanes of at least 4 members (excludes halogenated alkanes) is 3. The van der Waals surface area contributed by atoms with Crippen molar-refractivity contribution < 1.29 is 9.47 Å². The molecule has 0 amide bonds. The quantitative estimate of drug-likeness (QED) is 0.251. The van der Waals surface area contributed by atoms with Gasteiger partial charge in [-0.1, -0.05) is 69.1 Å².